The monoisotopic (exact) mass is 700 g/mol. The van der Waals surface area contributed by atoms with Crippen molar-refractivity contribution in [1.82, 2.24) is 0 Å². The lowest BCUT2D eigenvalue weighted by Crippen LogP contribution is -2.38. The molecule has 8 aromatic rings. The minimum Gasteiger partial charge on any atom is -0.310 e. The van der Waals surface area contributed by atoms with Crippen LogP contribution in [-0.4, -0.2) is 8.07 Å². The average Bonchev–Trinajstić information content (AvgIpc) is 3.41. The lowest BCUT2D eigenvalue weighted by Gasteiger charge is -2.31. The molecule has 1 aliphatic rings. The highest BCUT2D eigenvalue weighted by Gasteiger charge is 2.38. The van der Waals surface area contributed by atoms with E-state index in [1.807, 2.05) is 0 Å². The summed E-state index contributed by atoms with van der Waals surface area (Å²) in [5.41, 5.74) is 12.1. The number of fused-ring (bicyclic) bond motifs is 6. The van der Waals surface area contributed by atoms with Crippen LogP contribution in [-0.2, 0) is 5.41 Å². The second kappa shape index (κ2) is 12.6. The Morgan fingerprint density at radius 1 is 0.396 bits per heavy atom. The van der Waals surface area contributed by atoms with E-state index in [0.717, 1.165) is 22.7 Å². The predicted octanol–water partition coefficient (Wildman–Crippen LogP) is 13.8. The molecule has 9 rings (SSSR count). The van der Waals surface area contributed by atoms with Crippen molar-refractivity contribution < 1.29 is 0 Å². The van der Waals surface area contributed by atoms with E-state index in [1.54, 1.807) is 0 Å². The van der Waals surface area contributed by atoms with Crippen molar-refractivity contribution >= 4 is 68.9 Å². The Kier molecular flexibility index (Phi) is 7.87. The first-order valence-electron chi connectivity index (χ1n) is 18.7. The van der Waals surface area contributed by atoms with Crippen LogP contribution < -0.4 is 15.0 Å². The molecule has 0 aromatic heterocycles. The summed E-state index contributed by atoms with van der Waals surface area (Å²) in [5.74, 6) is 0. The van der Waals surface area contributed by atoms with Gasteiger partial charge < -0.3 is 9.80 Å². The summed E-state index contributed by atoms with van der Waals surface area (Å²) in [6.45, 7) is 12.1. The highest BCUT2D eigenvalue weighted by molar-refractivity contribution is 6.90. The average molecular weight is 701 g/mol. The van der Waals surface area contributed by atoms with Crippen LogP contribution in [0.4, 0.5) is 34.1 Å². The van der Waals surface area contributed by atoms with Gasteiger partial charge in [0.25, 0.3) is 0 Å². The Labute approximate surface area is 314 Å². The van der Waals surface area contributed by atoms with Crippen LogP contribution in [0.2, 0.25) is 19.6 Å². The fraction of sp³-hybridized carbons (Fsp3) is 0.120. The highest BCUT2D eigenvalue weighted by atomic mass is 28.3. The number of rotatable bonds is 7. The highest BCUT2D eigenvalue weighted by Crippen LogP contribution is 2.56. The van der Waals surface area contributed by atoms with Crippen LogP contribution in [0.25, 0.3) is 32.7 Å². The number of anilines is 6. The van der Waals surface area contributed by atoms with E-state index < -0.39 is 8.07 Å². The zero-order valence-corrected chi connectivity index (χ0v) is 32.1. The van der Waals surface area contributed by atoms with Gasteiger partial charge in [-0.15, -0.1) is 0 Å². The number of para-hydroxylation sites is 3. The maximum absolute atomic E-state index is 2.51. The molecule has 0 saturated carbocycles. The Hall–Kier alpha value is -5.90. The molecule has 0 atom stereocenters. The molecule has 0 spiro atoms. The molecule has 0 heterocycles. The third kappa shape index (κ3) is 5.46. The van der Waals surface area contributed by atoms with E-state index in [2.05, 4.69) is 219 Å². The smallest absolute Gasteiger partial charge is 0.0784 e. The van der Waals surface area contributed by atoms with Crippen molar-refractivity contribution in [2.75, 3.05) is 9.80 Å². The van der Waals surface area contributed by atoms with Crippen molar-refractivity contribution in [2.24, 2.45) is 0 Å². The van der Waals surface area contributed by atoms with E-state index in [4.69, 9.17) is 0 Å². The van der Waals surface area contributed by atoms with Crippen LogP contribution >= 0.6 is 0 Å². The predicted molar refractivity (Wildman–Crippen MR) is 231 cm³/mol. The lowest BCUT2D eigenvalue weighted by molar-refractivity contribution is 0.661. The number of benzene rings is 8. The van der Waals surface area contributed by atoms with Gasteiger partial charge in [0.15, 0.2) is 0 Å². The summed E-state index contributed by atoms with van der Waals surface area (Å²) < 4.78 is 0. The molecule has 0 fully saturated rings. The van der Waals surface area contributed by atoms with E-state index in [9.17, 15) is 0 Å². The Morgan fingerprint density at radius 3 is 1.45 bits per heavy atom. The van der Waals surface area contributed by atoms with Crippen molar-refractivity contribution in [3.8, 4) is 11.1 Å². The molecule has 0 saturated heterocycles. The molecule has 0 amide bonds. The third-order valence-electron chi connectivity index (χ3n) is 11.1. The first-order chi connectivity index (χ1) is 25.7. The molecule has 258 valence electrons. The molecule has 3 heteroatoms. The van der Waals surface area contributed by atoms with Gasteiger partial charge in [0, 0.05) is 38.9 Å². The fourth-order valence-corrected chi connectivity index (χ4v) is 10.2. The number of hydrogen-bond donors (Lipinski definition) is 0. The minimum atomic E-state index is -1.61. The minimum absolute atomic E-state index is 0.245. The van der Waals surface area contributed by atoms with Crippen LogP contribution in [0, 0.1) is 0 Å². The zero-order chi connectivity index (χ0) is 36.3. The summed E-state index contributed by atoms with van der Waals surface area (Å²) in [6.07, 6.45) is 0. The second-order valence-electron chi connectivity index (χ2n) is 15.8. The van der Waals surface area contributed by atoms with E-state index >= 15 is 0 Å². The molecule has 2 nitrogen and oxygen atoms in total. The lowest BCUT2D eigenvalue weighted by atomic mass is 9.81. The molecule has 0 unspecified atom stereocenters. The third-order valence-corrected chi connectivity index (χ3v) is 13.2. The van der Waals surface area contributed by atoms with Gasteiger partial charge >= 0.3 is 0 Å². The Morgan fingerprint density at radius 2 is 0.887 bits per heavy atom. The molecule has 0 aliphatic heterocycles. The van der Waals surface area contributed by atoms with Gasteiger partial charge in [0.1, 0.15) is 0 Å². The first-order valence-corrected chi connectivity index (χ1v) is 22.2. The topological polar surface area (TPSA) is 6.48 Å². The summed E-state index contributed by atoms with van der Waals surface area (Å²) in [5, 5.41) is 6.67. The van der Waals surface area contributed by atoms with Gasteiger partial charge in [-0.1, -0.05) is 154 Å². The van der Waals surface area contributed by atoms with Gasteiger partial charge in [0.05, 0.1) is 19.4 Å². The molecule has 0 N–H and O–H groups in total. The van der Waals surface area contributed by atoms with Gasteiger partial charge in [-0.05, 0) is 93.7 Å². The SMILES string of the molecule is CC1(C)c2cc(N(c3ccccc3)c3ccccc3)ccc2-c2c1cc(N(c1ccccc1)c1ccc([Si](C)(C)C)c3ccccc13)c1ccccc21. The molecule has 1 aliphatic carbocycles. The molecule has 53 heavy (non-hydrogen) atoms. The zero-order valence-electron chi connectivity index (χ0n) is 31.1. The van der Waals surface area contributed by atoms with Gasteiger partial charge in [0.2, 0.25) is 0 Å². The standard InChI is InChI=1S/C50H44N2Si/c1-50(2)44-33-38(51(35-19-9-6-10-20-35)36-21-11-7-12-22-36)29-30-43(44)49-42-28-18-16-26-40(42)47(34-45(49)50)52(37-23-13-8-14-24-37)46-31-32-48(53(3,4)5)41-27-17-15-25-39(41)46/h6-34H,1-5H3. The quantitative estimate of drug-likeness (QED) is 0.153. The summed E-state index contributed by atoms with van der Waals surface area (Å²) in [7, 11) is -1.61. The summed E-state index contributed by atoms with van der Waals surface area (Å²) >= 11 is 0. The second-order valence-corrected chi connectivity index (χ2v) is 20.9. The van der Waals surface area contributed by atoms with Gasteiger partial charge in [-0.3, -0.25) is 0 Å². The normalized spacial score (nSPS) is 13.2. The van der Waals surface area contributed by atoms with Crippen LogP contribution in [0.1, 0.15) is 25.0 Å². The molecule has 8 aromatic carbocycles. The van der Waals surface area contributed by atoms with E-state index in [-0.39, 0.29) is 5.41 Å². The molecule has 0 bridgehead atoms. The fourth-order valence-electron chi connectivity index (χ4n) is 8.59. The molecule has 0 radical (unpaired) electrons. The summed E-state index contributed by atoms with van der Waals surface area (Å²) in [6, 6.07) is 64.7. The molecular weight excluding hydrogens is 657 g/mol. The van der Waals surface area contributed by atoms with Gasteiger partial charge in [-0.25, -0.2) is 0 Å². The maximum Gasteiger partial charge on any atom is 0.0784 e. The number of nitrogens with zero attached hydrogens (tertiary/aromatic N) is 2. The molecular formula is C50H44N2Si. The van der Waals surface area contributed by atoms with Crippen molar-refractivity contribution in [1.29, 1.82) is 0 Å². The Balaban J connectivity index is 1.28. The van der Waals surface area contributed by atoms with Crippen LogP contribution in [0.15, 0.2) is 176 Å². The number of hydrogen-bond acceptors (Lipinski definition) is 2. The van der Waals surface area contributed by atoms with E-state index in [1.165, 1.54) is 60.4 Å². The van der Waals surface area contributed by atoms with Crippen molar-refractivity contribution in [3.63, 3.8) is 0 Å². The van der Waals surface area contributed by atoms with Crippen molar-refractivity contribution in [2.45, 2.75) is 38.9 Å². The van der Waals surface area contributed by atoms with Crippen LogP contribution in [0.5, 0.6) is 0 Å². The van der Waals surface area contributed by atoms with Crippen LogP contribution in [0.3, 0.4) is 0 Å². The maximum atomic E-state index is 2.51. The largest absolute Gasteiger partial charge is 0.310 e. The van der Waals surface area contributed by atoms with E-state index in [0.29, 0.717) is 0 Å². The van der Waals surface area contributed by atoms with Gasteiger partial charge in [-0.2, -0.15) is 0 Å². The van der Waals surface area contributed by atoms with Crippen molar-refractivity contribution in [3.05, 3.63) is 187 Å². The Bertz CT molecular complexity index is 2580. The summed E-state index contributed by atoms with van der Waals surface area (Å²) in [4.78, 5) is 4.88. The first kappa shape index (κ1) is 33.0.